The number of benzene rings is 2. The number of pyridine rings is 1. The number of nitrogens with zero attached hydrogens (tertiary/aromatic N) is 4. The molecule has 0 aliphatic rings. The molecule has 0 fully saturated rings. The van der Waals surface area contributed by atoms with Crippen LogP contribution in [0.4, 0.5) is 4.39 Å². The molecule has 0 radical (unpaired) electrons. The van der Waals surface area contributed by atoms with Gasteiger partial charge in [0.1, 0.15) is 11.6 Å². The molecular weight excluding hydrogens is 389 g/mol. The Morgan fingerprint density at radius 2 is 1.80 bits per heavy atom. The Labute approximate surface area is 170 Å². The second kappa shape index (κ2) is 8.82. The number of oxime groups is 1. The standard InChI is InChI=1S/C21H16FN5O3/c22-16-7-9-17(10-8-16)29-18-11-6-15(12-24-18)20(23)27-28-13-19-25-26-21(30-19)14-4-2-1-3-5-14/h1-12H,13H2,(H2,23,27). The van der Waals surface area contributed by atoms with Crippen molar-refractivity contribution in [1.82, 2.24) is 15.2 Å². The molecule has 0 unspecified atom stereocenters. The van der Waals surface area contributed by atoms with Crippen molar-refractivity contribution in [2.24, 2.45) is 10.9 Å². The molecule has 0 saturated carbocycles. The number of aromatic nitrogens is 3. The van der Waals surface area contributed by atoms with Crippen LogP contribution in [0.5, 0.6) is 11.6 Å². The minimum Gasteiger partial charge on any atom is -0.439 e. The third-order valence-corrected chi connectivity index (χ3v) is 3.91. The lowest BCUT2D eigenvalue weighted by atomic mass is 10.2. The summed E-state index contributed by atoms with van der Waals surface area (Å²) in [5.41, 5.74) is 7.26. The van der Waals surface area contributed by atoms with Crippen molar-refractivity contribution in [3.63, 3.8) is 0 Å². The molecule has 0 atom stereocenters. The molecule has 30 heavy (non-hydrogen) atoms. The first kappa shape index (κ1) is 19.1. The first-order valence-electron chi connectivity index (χ1n) is 8.90. The van der Waals surface area contributed by atoms with Gasteiger partial charge in [-0.1, -0.05) is 23.4 Å². The quantitative estimate of drug-likeness (QED) is 0.282. The monoisotopic (exact) mass is 405 g/mol. The number of hydrogen-bond donors (Lipinski definition) is 1. The normalized spacial score (nSPS) is 11.3. The predicted molar refractivity (Wildman–Crippen MR) is 106 cm³/mol. The lowest BCUT2D eigenvalue weighted by Gasteiger charge is -2.05. The zero-order valence-electron chi connectivity index (χ0n) is 15.6. The van der Waals surface area contributed by atoms with Crippen LogP contribution in [-0.4, -0.2) is 21.0 Å². The zero-order valence-corrected chi connectivity index (χ0v) is 15.6. The van der Waals surface area contributed by atoms with E-state index in [4.69, 9.17) is 19.7 Å². The summed E-state index contributed by atoms with van der Waals surface area (Å²) in [7, 11) is 0. The van der Waals surface area contributed by atoms with E-state index in [0.29, 0.717) is 23.1 Å². The van der Waals surface area contributed by atoms with Gasteiger partial charge in [-0.25, -0.2) is 9.37 Å². The third kappa shape index (κ3) is 4.76. The maximum atomic E-state index is 12.9. The van der Waals surface area contributed by atoms with Gasteiger partial charge in [0.05, 0.1) is 0 Å². The molecular formula is C21H16FN5O3. The Bertz CT molecular complexity index is 1130. The molecule has 0 aliphatic heterocycles. The summed E-state index contributed by atoms with van der Waals surface area (Å²) in [6.45, 7) is -0.0281. The minimum absolute atomic E-state index is 0.0281. The smallest absolute Gasteiger partial charge is 0.257 e. The van der Waals surface area contributed by atoms with Crippen LogP contribution in [0.2, 0.25) is 0 Å². The van der Waals surface area contributed by atoms with Gasteiger partial charge in [0.15, 0.2) is 12.4 Å². The summed E-state index contributed by atoms with van der Waals surface area (Å²) < 4.78 is 24.0. The number of hydrogen-bond acceptors (Lipinski definition) is 7. The van der Waals surface area contributed by atoms with Gasteiger partial charge in [-0.05, 0) is 42.5 Å². The first-order chi connectivity index (χ1) is 14.7. The highest BCUT2D eigenvalue weighted by Gasteiger charge is 2.09. The average molecular weight is 405 g/mol. The first-order valence-corrected chi connectivity index (χ1v) is 8.90. The largest absolute Gasteiger partial charge is 0.439 e. The van der Waals surface area contributed by atoms with Crippen LogP contribution in [0.25, 0.3) is 11.5 Å². The summed E-state index contributed by atoms with van der Waals surface area (Å²) in [4.78, 5) is 9.34. The highest BCUT2D eigenvalue weighted by atomic mass is 19.1. The Morgan fingerprint density at radius 3 is 2.53 bits per heavy atom. The molecule has 0 amide bonds. The van der Waals surface area contributed by atoms with E-state index in [2.05, 4.69) is 20.3 Å². The fourth-order valence-electron chi connectivity index (χ4n) is 2.43. The Hall–Kier alpha value is -4.27. The SMILES string of the molecule is N/C(=N/OCc1nnc(-c2ccccc2)o1)c1ccc(Oc2ccc(F)cc2)nc1. The van der Waals surface area contributed by atoms with Crippen molar-refractivity contribution in [2.45, 2.75) is 6.61 Å². The van der Waals surface area contributed by atoms with E-state index in [-0.39, 0.29) is 24.2 Å². The maximum absolute atomic E-state index is 12.9. The third-order valence-electron chi connectivity index (χ3n) is 3.91. The van der Waals surface area contributed by atoms with Gasteiger partial charge in [0, 0.05) is 23.4 Å². The van der Waals surface area contributed by atoms with E-state index in [9.17, 15) is 4.39 Å². The van der Waals surface area contributed by atoms with Crippen molar-refractivity contribution in [1.29, 1.82) is 0 Å². The van der Waals surface area contributed by atoms with E-state index >= 15 is 0 Å². The highest BCUT2D eigenvalue weighted by molar-refractivity contribution is 5.96. The molecule has 0 spiro atoms. The molecule has 4 rings (SSSR count). The molecule has 2 aromatic carbocycles. The average Bonchev–Trinajstić information content (AvgIpc) is 3.25. The van der Waals surface area contributed by atoms with Crippen molar-refractivity contribution in [3.8, 4) is 23.1 Å². The van der Waals surface area contributed by atoms with Gasteiger partial charge < -0.3 is 19.7 Å². The number of ether oxygens (including phenoxy) is 1. The van der Waals surface area contributed by atoms with Crippen LogP contribution in [0, 0.1) is 5.82 Å². The number of halogens is 1. The predicted octanol–water partition coefficient (Wildman–Crippen LogP) is 3.90. The van der Waals surface area contributed by atoms with Crippen LogP contribution in [-0.2, 0) is 11.4 Å². The number of nitrogens with two attached hydrogens (primary N) is 1. The molecule has 2 aromatic heterocycles. The van der Waals surface area contributed by atoms with Crippen molar-refractivity contribution >= 4 is 5.84 Å². The van der Waals surface area contributed by atoms with Gasteiger partial charge in [-0.15, -0.1) is 10.2 Å². The van der Waals surface area contributed by atoms with Crippen molar-refractivity contribution in [3.05, 3.63) is 90.2 Å². The maximum Gasteiger partial charge on any atom is 0.257 e. The van der Waals surface area contributed by atoms with E-state index in [1.165, 1.54) is 30.5 Å². The Kier molecular flexibility index (Phi) is 5.61. The van der Waals surface area contributed by atoms with Crippen molar-refractivity contribution in [2.75, 3.05) is 0 Å². The van der Waals surface area contributed by atoms with Crippen LogP contribution in [0.3, 0.4) is 0 Å². The summed E-state index contributed by atoms with van der Waals surface area (Å²) in [6, 6.07) is 18.3. The van der Waals surface area contributed by atoms with Gasteiger partial charge in [0.2, 0.25) is 11.8 Å². The molecule has 9 heteroatoms. The summed E-state index contributed by atoms with van der Waals surface area (Å²) in [6.07, 6.45) is 1.49. The summed E-state index contributed by atoms with van der Waals surface area (Å²) in [5.74, 6) is 1.25. The minimum atomic E-state index is -0.341. The van der Waals surface area contributed by atoms with E-state index in [1.807, 2.05) is 30.3 Å². The van der Waals surface area contributed by atoms with Crippen LogP contribution >= 0.6 is 0 Å². The lowest BCUT2D eigenvalue weighted by molar-refractivity contribution is 0.111. The molecule has 8 nitrogen and oxygen atoms in total. The molecule has 0 saturated heterocycles. The number of amidine groups is 1. The fourth-order valence-corrected chi connectivity index (χ4v) is 2.43. The Balaban J connectivity index is 1.33. The lowest BCUT2D eigenvalue weighted by Crippen LogP contribution is -2.14. The van der Waals surface area contributed by atoms with Crippen LogP contribution < -0.4 is 10.5 Å². The molecule has 0 bridgehead atoms. The number of rotatable bonds is 7. The van der Waals surface area contributed by atoms with Crippen LogP contribution in [0.1, 0.15) is 11.5 Å². The van der Waals surface area contributed by atoms with Gasteiger partial charge >= 0.3 is 0 Å². The molecule has 4 aromatic rings. The second-order valence-corrected chi connectivity index (χ2v) is 6.06. The van der Waals surface area contributed by atoms with Crippen LogP contribution in [0.15, 0.2) is 82.5 Å². The molecule has 2 heterocycles. The molecule has 150 valence electrons. The second-order valence-electron chi connectivity index (χ2n) is 6.06. The topological polar surface area (TPSA) is 109 Å². The molecule has 2 N–H and O–H groups in total. The van der Waals surface area contributed by atoms with Gasteiger partial charge in [0.25, 0.3) is 5.89 Å². The fraction of sp³-hybridized carbons (Fsp3) is 0.0476. The van der Waals surface area contributed by atoms with E-state index in [1.54, 1.807) is 12.1 Å². The van der Waals surface area contributed by atoms with Crippen molar-refractivity contribution < 1.29 is 18.4 Å². The van der Waals surface area contributed by atoms with E-state index < -0.39 is 0 Å². The van der Waals surface area contributed by atoms with Gasteiger partial charge in [-0.3, -0.25) is 0 Å². The summed E-state index contributed by atoms with van der Waals surface area (Å²) in [5, 5.41) is 11.7. The highest BCUT2D eigenvalue weighted by Crippen LogP contribution is 2.20. The van der Waals surface area contributed by atoms with Gasteiger partial charge in [-0.2, -0.15) is 0 Å². The summed E-state index contributed by atoms with van der Waals surface area (Å²) >= 11 is 0. The Morgan fingerprint density at radius 1 is 1.00 bits per heavy atom. The molecule has 0 aliphatic carbocycles. The zero-order chi connectivity index (χ0) is 20.8. The van der Waals surface area contributed by atoms with E-state index in [0.717, 1.165) is 5.56 Å².